The minimum absolute atomic E-state index is 0.181. The Morgan fingerprint density at radius 1 is 1.50 bits per heavy atom. The lowest BCUT2D eigenvalue weighted by Gasteiger charge is -2.12. The molecule has 0 fully saturated rings. The Labute approximate surface area is 87.7 Å². The van der Waals surface area contributed by atoms with Crippen LogP contribution in [0.4, 0.5) is 13.2 Å². The highest BCUT2D eigenvalue weighted by atomic mass is 19.4. The molecule has 0 atom stereocenters. The van der Waals surface area contributed by atoms with Crippen molar-refractivity contribution in [1.82, 2.24) is 4.98 Å². The molecule has 0 aliphatic rings. The van der Waals surface area contributed by atoms with Gasteiger partial charge in [0.1, 0.15) is 0 Å². The van der Waals surface area contributed by atoms with Gasteiger partial charge in [-0.15, -0.1) is 13.2 Å². The van der Waals surface area contributed by atoms with Crippen LogP contribution in [0.5, 0.6) is 5.75 Å². The number of H-pyrrole nitrogens is 1. The zero-order valence-electron chi connectivity index (χ0n) is 7.97. The fourth-order valence-electron chi connectivity index (χ4n) is 1.08. The van der Waals surface area contributed by atoms with E-state index in [-0.39, 0.29) is 17.8 Å². The van der Waals surface area contributed by atoms with E-state index < -0.39 is 24.1 Å². The third kappa shape index (κ3) is 2.74. The fraction of sp³-hybridized carbons (Fsp3) is 0.375. The number of ether oxygens (including phenoxy) is 1. The van der Waals surface area contributed by atoms with Gasteiger partial charge >= 0.3 is 6.36 Å². The number of rotatable bonds is 3. The van der Waals surface area contributed by atoms with Crippen LogP contribution in [-0.4, -0.2) is 16.5 Å². The average molecular weight is 238 g/mol. The number of halogens is 3. The predicted octanol–water partition coefficient (Wildman–Crippen LogP) is 0.225. The standard InChI is InChI=1S/C8H9F3N2O3/c9-8(10,11)16-7-5(1-12)13-2-4(3-14)6(7)15/h2,14H,1,3,12H2,(H,13,15). The highest BCUT2D eigenvalue weighted by Gasteiger charge is 2.33. The van der Waals surface area contributed by atoms with Crippen molar-refractivity contribution in [3.63, 3.8) is 0 Å². The molecule has 0 aromatic carbocycles. The smallest absolute Gasteiger partial charge is 0.400 e. The molecule has 90 valence electrons. The van der Waals surface area contributed by atoms with Crippen LogP contribution in [0.25, 0.3) is 0 Å². The van der Waals surface area contributed by atoms with Gasteiger partial charge < -0.3 is 20.6 Å². The van der Waals surface area contributed by atoms with E-state index in [1.807, 2.05) is 0 Å². The monoisotopic (exact) mass is 238 g/mol. The van der Waals surface area contributed by atoms with Crippen molar-refractivity contribution in [1.29, 1.82) is 0 Å². The van der Waals surface area contributed by atoms with E-state index in [9.17, 15) is 18.0 Å². The van der Waals surface area contributed by atoms with E-state index in [0.29, 0.717) is 0 Å². The SMILES string of the molecule is NCc1[nH]cc(CO)c(=O)c1OC(F)(F)F. The van der Waals surface area contributed by atoms with Crippen LogP contribution >= 0.6 is 0 Å². The van der Waals surface area contributed by atoms with Crippen LogP contribution in [0.2, 0.25) is 0 Å². The van der Waals surface area contributed by atoms with E-state index in [2.05, 4.69) is 9.72 Å². The lowest BCUT2D eigenvalue weighted by molar-refractivity contribution is -0.275. The topological polar surface area (TPSA) is 88.3 Å². The summed E-state index contributed by atoms with van der Waals surface area (Å²) in [5.74, 6) is -0.929. The van der Waals surface area contributed by atoms with Gasteiger partial charge in [0.05, 0.1) is 12.3 Å². The summed E-state index contributed by atoms with van der Waals surface area (Å²) in [7, 11) is 0. The molecule has 8 heteroatoms. The third-order valence-electron chi connectivity index (χ3n) is 1.78. The fourth-order valence-corrected chi connectivity index (χ4v) is 1.08. The van der Waals surface area contributed by atoms with Crippen molar-refractivity contribution in [3.05, 3.63) is 27.7 Å². The zero-order valence-corrected chi connectivity index (χ0v) is 7.97. The first-order valence-electron chi connectivity index (χ1n) is 4.19. The molecule has 0 radical (unpaired) electrons. The maximum Gasteiger partial charge on any atom is 0.573 e. The van der Waals surface area contributed by atoms with Crippen LogP contribution in [0.3, 0.4) is 0 Å². The number of alkyl halides is 3. The number of aliphatic hydroxyl groups is 1. The molecule has 1 aromatic heterocycles. The minimum atomic E-state index is -4.98. The second kappa shape index (κ2) is 4.54. The second-order valence-corrected chi connectivity index (χ2v) is 2.86. The van der Waals surface area contributed by atoms with Gasteiger partial charge in [-0.2, -0.15) is 0 Å². The number of nitrogens with one attached hydrogen (secondary N) is 1. The normalized spacial score (nSPS) is 11.6. The average Bonchev–Trinajstić information content (AvgIpc) is 2.19. The first-order valence-corrected chi connectivity index (χ1v) is 4.19. The lowest BCUT2D eigenvalue weighted by atomic mass is 10.2. The summed E-state index contributed by atoms with van der Waals surface area (Å²) < 4.78 is 39.5. The van der Waals surface area contributed by atoms with Crippen LogP contribution < -0.4 is 15.9 Å². The number of hydrogen-bond donors (Lipinski definition) is 3. The quantitative estimate of drug-likeness (QED) is 0.703. The summed E-state index contributed by atoms with van der Waals surface area (Å²) in [5, 5.41) is 8.72. The highest BCUT2D eigenvalue weighted by molar-refractivity contribution is 5.31. The first kappa shape index (κ1) is 12.5. The summed E-state index contributed by atoms with van der Waals surface area (Å²) >= 11 is 0. The van der Waals surface area contributed by atoms with Gasteiger partial charge in [0.2, 0.25) is 5.43 Å². The van der Waals surface area contributed by atoms with Crippen molar-refractivity contribution in [3.8, 4) is 5.75 Å². The maximum atomic E-state index is 12.0. The van der Waals surface area contributed by atoms with Crippen LogP contribution in [-0.2, 0) is 13.2 Å². The molecule has 1 rings (SSSR count). The highest BCUT2D eigenvalue weighted by Crippen LogP contribution is 2.22. The molecule has 0 unspecified atom stereocenters. The third-order valence-corrected chi connectivity index (χ3v) is 1.78. The number of nitrogens with two attached hydrogens (primary N) is 1. The van der Waals surface area contributed by atoms with E-state index >= 15 is 0 Å². The van der Waals surface area contributed by atoms with Gasteiger partial charge in [-0.05, 0) is 0 Å². The van der Waals surface area contributed by atoms with Gasteiger partial charge in [-0.3, -0.25) is 4.79 Å². The van der Waals surface area contributed by atoms with Gasteiger partial charge in [-0.25, -0.2) is 0 Å². The van der Waals surface area contributed by atoms with E-state index in [0.717, 1.165) is 6.20 Å². The van der Waals surface area contributed by atoms with Crippen LogP contribution in [0, 0.1) is 0 Å². The lowest BCUT2D eigenvalue weighted by Crippen LogP contribution is -2.26. The van der Waals surface area contributed by atoms with Crippen molar-refractivity contribution in [2.24, 2.45) is 5.73 Å². The summed E-state index contributed by atoms with van der Waals surface area (Å²) in [4.78, 5) is 13.8. The zero-order chi connectivity index (χ0) is 12.3. The molecule has 1 aromatic rings. The molecule has 5 nitrogen and oxygen atoms in total. The molecule has 0 saturated carbocycles. The second-order valence-electron chi connectivity index (χ2n) is 2.86. The molecule has 1 heterocycles. The van der Waals surface area contributed by atoms with Crippen LogP contribution in [0.15, 0.2) is 11.0 Å². The summed E-state index contributed by atoms with van der Waals surface area (Å²) in [6.07, 6.45) is -3.89. The Morgan fingerprint density at radius 2 is 2.12 bits per heavy atom. The molecule has 0 amide bonds. The van der Waals surface area contributed by atoms with Crippen molar-refractivity contribution in [2.75, 3.05) is 0 Å². The van der Waals surface area contributed by atoms with E-state index in [1.54, 1.807) is 0 Å². The van der Waals surface area contributed by atoms with E-state index in [4.69, 9.17) is 10.8 Å². The summed E-state index contributed by atoms with van der Waals surface area (Å²) in [6, 6.07) is 0. The maximum absolute atomic E-state index is 12.0. The minimum Gasteiger partial charge on any atom is -0.400 e. The molecule has 4 N–H and O–H groups in total. The predicted molar refractivity (Wildman–Crippen MR) is 47.6 cm³/mol. The molecule has 0 bridgehead atoms. The van der Waals surface area contributed by atoms with E-state index in [1.165, 1.54) is 0 Å². The first-order chi connectivity index (χ1) is 7.39. The molecule has 16 heavy (non-hydrogen) atoms. The van der Waals surface area contributed by atoms with Crippen LogP contribution in [0.1, 0.15) is 11.3 Å². The summed E-state index contributed by atoms with van der Waals surface area (Å²) in [6.45, 7) is -0.999. The Bertz CT molecular complexity index is 428. The number of aromatic nitrogens is 1. The Kier molecular flexibility index (Phi) is 3.55. The van der Waals surface area contributed by atoms with Gasteiger partial charge in [-0.1, -0.05) is 0 Å². The molecule has 0 aliphatic carbocycles. The van der Waals surface area contributed by atoms with Crippen molar-refractivity contribution < 1.29 is 23.0 Å². The number of hydrogen-bond acceptors (Lipinski definition) is 4. The molecule has 0 saturated heterocycles. The largest absolute Gasteiger partial charge is 0.573 e. The summed E-state index contributed by atoms with van der Waals surface area (Å²) in [5.41, 5.74) is 3.71. The Balaban J connectivity index is 3.27. The Hall–Kier alpha value is -1.54. The number of aromatic amines is 1. The number of pyridine rings is 1. The number of aliphatic hydroxyl groups excluding tert-OH is 1. The van der Waals surface area contributed by atoms with Gasteiger partial charge in [0.25, 0.3) is 0 Å². The molecule has 0 spiro atoms. The van der Waals surface area contributed by atoms with Gasteiger partial charge in [0.15, 0.2) is 5.75 Å². The Morgan fingerprint density at radius 3 is 2.56 bits per heavy atom. The van der Waals surface area contributed by atoms with Gasteiger partial charge in [0, 0.05) is 18.3 Å². The van der Waals surface area contributed by atoms with Crippen molar-refractivity contribution in [2.45, 2.75) is 19.5 Å². The molecule has 0 aliphatic heterocycles. The molecular weight excluding hydrogens is 229 g/mol. The van der Waals surface area contributed by atoms with Crippen molar-refractivity contribution >= 4 is 0 Å². The molecular formula is C8H9F3N2O3.